The van der Waals surface area contributed by atoms with Crippen molar-refractivity contribution in [3.05, 3.63) is 35.9 Å². The molecule has 0 atom stereocenters. The van der Waals surface area contributed by atoms with Crippen molar-refractivity contribution in [3.8, 4) is 0 Å². The molecule has 1 aromatic rings. The summed E-state index contributed by atoms with van der Waals surface area (Å²) in [6, 6.07) is 7.04. The van der Waals surface area contributed by atoms with Crippen molar-refractivity contribution in [2.75, 3.05) is 14.1 Å². The van der Waals surface area contributed by atoms with Crippen LogP contribution in [0.15, 0.2) is 30.3 Å². The van der Waals surface area contributed by atoms with Gasteiger partial charge in [-0.15, -0.1) is 0 Å². The summed E-state index contributed by atoms with van der Waals surface area (Å²) in [7, 11) is 3.35. The Morgan fingerprint density at radius 3 is 2.73 bits per heavy atom. The van der Waals surface area contributed by atoms with E-state index < -0.39 is 0 Å². The van der Waals surface area contributed by atoms with Crippen molar-refractivity contribution in [3.63, 3.8) is 0 Å². The van der Waals surface area contributed by atoms with Crippen LogP contribution in [0.25, 0.3) is 0 Å². The van der Waals surface area contributed by atoms with Gasteiger partial charge in [0, 0.05) is 19.7 Å². The molecule has 0 unspecified atom stereocenters. The van der Waals surface area contributed by atoms with E-state index in [0.29, 0.717) is 5.56 Å². The van der Waals surface area contributed by atoms with E-state index in [2.05, 4.69) is 0 Å². The summed E-state index contributed by atoms with van der Waals surface area (Å²) in [5.41, 5.74) is 0.447. The van der Waals surface area contributed by atoms with Crippen LogP contribution in [0.3, 0.4) is 0 Å². The van der Waals surface area contributed by atoms with Crippen molar-refractivity contribution < 1.29 is 6.17 Å². The number of rotatable bonds is 1. The Kier molecular flexibility index (Phi) is 1.86. The molecule has 0 bridgehead atoms. The number of carbonyl (C=O) groups is 1. The van der Waals surface area contributed by atoms with Crippen LogP contribution >= 0.6 is 0 Å². The van der Waals surface area contributed by atoms with Crippen molar-refractivity contribution in [2.45, 2.75) is 0 Å². The highest BCUT2D eigenvalue weighted by atomic mass is 16.2. The number of benzene rings is 1. The van der Waals surface area contributed by atoms with E-state index in [1.165, 1.54) is 4.90 Å². The molecule has 1 aromatic carbocycles. The second-order valence-electron chi connectivity index (χ2n) is 2.48. The first-order valence-corrected chi connectivity index (χ1v) is 3.40. The molecule has 0 aliphatic carbocycles. The van der Waals surface area contributed by atoms with Gasteiger partial charge in [0.15, 0.2) is 0 Å². The molecule has 0 N–H and O–H groups in total. The minimum atomic E-state index is -0.124. The third-order valence-corrected chi connectivity index (χ3v) is 1.35. The molecule has 58 valence electrons. The fourth-order valence-electron chi connectivity index (χ4n) is 0.767. The highest BCUT2D eigenvalue weighted by Crippen LogP contribution is 2.00. The van der Waals surface area contributed by atoms with E-state index in [9.17, 15) is 4.79 Å². The molecule has 0 saturated carbocycles. The zero-order valence-electron chi connectivity index (χ0n) is 7.66. The number of hydrogen-bond donors (Lipinski definition) is 0. The van der Waals surface area contributed by atoms with E-state index in [4.69, 9.17) is 1.37 Å². The van der Waals surface area contributed by atoms with Crippen molar-refractivity contribution in [1.82, 2.24) is 4.90 Å². The fourth-order valence-corrected chi connectivity index (χ4v) is 0.767. The molecule has 2 nitrogen and oxygen atoms in total. The number of amides is 1. The lowest BCUT2D eigenvalue weighted by Gasteiger charge is -2.08. The van der Waals surface area contributed by atoms with Gasteiger partial charge in [-0.05, 0) is 12.1 Å². The van der Waals surface area contributed by atoms with Gasteiger partial charge < -0.3 is 4.90 Å². The molecular formula is C9H11NO. The highest BCUT2D eigenvalue weighted by Gasteiger charge is 2.04. The second-order valence-corrected chi connectivity index (χ2v) is 2.48. The van der Waals surface area contributed by atoms with Gasteiger partial charge in [0.2, 0.25) is 0 Å². The number of hydrogen-bond acceptors (Lipinski definition) is 1. The summed E-state index contributed by atoms with van der Waals surface area (Å²) in [5, 5.41) is 0. The summed E-state index contributed by atoms with van der Waals surface area (Å²) >= 11 is 0. The Balaban J connectivity index is 3.03. The maximum absolute atomic E-state index is 11.4. The molecular weight excluding hydrogens is 138 g/mol. The first kappa shape index (κ1) is 6.40. The van der Waals surface area contributed by atoms with Crippen LogP contribution in [-0.4, -0.2) is 24.9 Å². The third kappa shape index (κ3) is 1.80. The maximum Gasteiger partial charge on any atom is 0.253 e. The van der Waals surface area contributed by atoms with Crippen LogP contribution in [-0.2, 0) is 0 Å². The van der Waals surface area contributed by atoms with E-state index in [1.807, 2.05) is 0 Å². The Labute approximate surface area is 67.9 Å². The second kappa shape index (κ2) is 3.19. The first-order valence-electron chi connectivity index (χ1n) is 3.90. The standard InChI is InChI=1S/C9H11NO/c1-10(2)9(11)8-6-4-3-5-7-8/h3-7H,1-2H3/i6T. The minimum absolute atomic E-state index is 0.124. The molecule has 2 heteroatoms. The predicted molar refractivity (Wildman–Crippen MR) is 44.5 cm³/mol. The first-order chi connectivity index (χ1) is 5.63. The number of carbonyl (C=O) groups excluding carboxylic acids is 1. The van der Waals surface area contributed by atoms with Crippen LogP contribution in [0.4, 0.5) is 0 Å². The van der Waals surface area contributed by atoms with Gasteiger partial charge in [-0.3, -0.25) is 4.79 Å². The molecule has 1 amide bonds. The molecule has 0 fully saturated rings. The Morgan fingerprint density at radius 2 is 2.18 bits per heavy atom. The molecule has 11 heavy (non-hydrogen) atoms. The van der Waals surface area contributed by atoms with Gasteiger partial charge in [0.05, 0.1) is 1.37 Å². The zero-order chi connectivity index (χ0) is 9.14. The van der Waals surface area contributed by atoms with Gasteiger partial charge >= 0.3 is 0 Å². The molecule has 0 aromatic heterocycles. The van der Waals surface area contributed by atoms with Crippen LogP contribution in [0.1, 0.15) is 11.7 Å². The van der Waals surface area contributed by atoms with E-state index in [0.717, 1.165) is 0 Å². The van der Waals surface area contributed by atoms with Gasteiger partial charge in [-0.25, -0.2) is 0 Å². The summed E-state index contributed by atoms with van der Waals surface area (Å²) < 4.78 is 7.45. The number of nitrogens with zero attached hydrogens (tertiary/aromatic N) is 1. The normalized spacial score (nSPS) is 10.5. The van der Waals surface area contributed by atoms with Gasteiger partial charge in [-0.1, -0.05) is 18.2 Å². The van der Waals surface area contributed by atoms with Crippen LogP contribution in [0, 0.1) is 0 Å². The molecule has 0 aliphatic rings. The zero-order valence-corrected chi connectivity index (χ0v) is 6.66. The van der Waals surface area contributed by atoms with Crippen LogP contribution in [0.2, 0.25) is 0 Å². The predicted octanol–water partition coefficient (Wildman–Crippen LogP) is 1.39. The van der Waals surface area contributed by atoms with Gasteiger partial charge in [0.25, 0.3) is 5.91 Å². The Bertz CT molecular complexity index is 296. The Hall–Kier alpha value is -1.31. The largest absolute Gasteiger partial charge is 0.345 e. The molecule has 1 rings (SSSR count). The van der Waals surface area contributed by atoms with Crippen LogP contribution in [0.5, 0.6) is 0 Å². The topological polar surface area (TPSA) is 20.3 Å². The molecule has 0 aliphatic heterocycles. The summed E-state index contributed by atoms with van der Waals surface area (Å²) in [4.78, 5) is 12.8. The van der Waals surface area contributed by atoms with Gasteiger partial charge in [0.1, 0.15) is 0 Å². The third-order valence-electron chi connectivity index (χ3n) is 1.35. The summed E-state index contributed by atoms with van der Waals surface area (Å²) in [6.07, 6.45) is 0. The summed E-state index contributed by atoms with van der Waals surface area (Å²) in [6.45, 7) is 0. The van der Waals surface area contributed by atoms with Crippen molar-refractivity contribution in [1.29, 1.82) is 0 Å². The average molecular weight is 151 g/mol. The van der Waals surface area contributed by atoms with Gasteiger partial charge in [-0.2, -0.15) is 0 Å². The molecule has 0 saturated heterocycles. The molecule has 0 heterocycles. The van der Waals surface area contributed by atoms with E-state index in [1.54, 1.807) is 38.4 Å². The fraction of sp³-hybridized carbons (Fsp3) is 0.222. The minimum Gasteiger partial charge on any atom is -0.345 e. The monoisotopic (exact) mass is 151 g/mol. The molecule has 0 spiro atoms. The average Bonchev–Trinajstić information content (AvgIpc) is 2.04. The quantitative estimate of drug-likeness (QED) is 0.594. The van der Waals surface area contributed by atoms with E-state index in [-0.39, 0.29) is 11.9 Å². The van der Waals surface area contributed by atoms with Crippen molar-refractivity contribution >= 4 is 5.91 Å². The highest BCUT2D eigenvalue weighted by molar-refractivity contribution is 5.93. The van der Waals surface area contributed by atoms with E-state index >= 15 is 0 Å². The maximum atomic E-state index is 11.4. The lowest BCUT2D eigenvalue weighted by Crippen LogP contribution is -2.21. The van der Waals surface area contributed by atoms with Crippen LogP contribution < -0.4 is 0 Å². The molecule has 0 radical (unpaired) electrons. The lowest BCUT2D eigenvalue weighted by atomic mass is 10.2. The summed E-state index contributed by atoms with van der Waals surface area (Å²) in [5.74, 6) is -0.124. The SMILES string of the molecule is [3H]c1ccccc1C(=O)N(C)C. The van der Waals surface area contributed by atoms with Crippen molar-refractivity contribution in [2.24, 2.45) is 0 Å². The smallest absolute Gasteiger partial charge is 0.253 e. The Morgan fingerprint density at radius 1 is 1.45 bits per heavy atom. The lowest BCUT2D eigenvalue weighted by molar-refractivity contribution is 0.0827.